The summed E-state index contributed by atoms with van der Waals surface area (Å²) < 4.78 is 9.63. The Morgan fingerprint density at radius 3 is 2.74 bits per heavy atom. The van der Waals surface area contributed by atoms with Gasteiger partial charge in [-0.25, -0.2) is 9.61 Å². The molecule has 3 rings (SSSR count). The van der Waals surface area contributed by atoms with Crippen molar-refractivity contribution in [1.29, 1.82) is 0 Å². The van der Waals surface area contributed by atoms with Crippen molar-refractivity contribution in [3.05, 3.63) is 35.3 Å². The lowest BCUT2D eigenvalue weighted by Gasteiger charge is -2.38. The number of aliphatic hydroxyl groups excluding tert-OH is 1. The van der Waals surface area contributed by atoms with E-state index < -0.39 is 0 Å². The van der Waals surface area contributed by atoms with Crippen LogP contribution >= 0.6 is 0 Å². The van der Waals surface area contributed by atoms with Crippen LogP contribution in [0.5, 0.6) is 5.88 Å². The molecule has 2 heterocycles. The van der Waals surface area contributed by atoms with Gasteiger partial charge < -0.3 is 15.2 Å². The fraction of sp³-hybridized carbons (Fsp3) is 0.467. The molecule has 1 fully saturated rings. The summed E-state index contributed by atoms with van der Waals surface area (Å²) in [7, 11) is 1.55. The first kappa shape index (κ1) is 15.4. The summed E-state index contributed by atoms with van der Waals surface area (Å²) in [5, 5.41) is 19.8. The number of aliphatic hydroxyl groups is 1. The zero-order valence-electron chi connectivity index (χ0n) is 12.9. The lowest BCUT2D eigenvalue weighted by atomic mass is 9.75. The number of aromatic nitrogens is 3. The molecule has 0 bridgehead atoms. The molecular formula is C15H18N4O4. The number of amides is 1. The smallest absolute Gasteiger partial charge is 0.275 e. The number of nitrogens with one attached hydrogen (secondary N) is 1. The van der Waals surface area contributed by atoms with Gasteiger partial charge in [0.2, 0.25) is 5.88 Å². The number of hydrogen-bond donors (Lipinski definition) is 2. The molecule has 0 unspecified atom stereocenters. The highest BCUT2D eigenvalue weighted by Gasteiger charge is 2.36. The van der Waals surface area contributed by atoms with Crippen molar-refractivity contribution < 1.29 is 19.3 Å². The molecule has 1 aliphatic carbocycles. The van der Waals surface area contributed by atoms with E-state index in [9.17, 15) is 9.90 Å². The van der Waals surface area contributed by atoms with Crippen molar-refractivity contribution in [2.45, 2.75) is 31.9 Å². The van der Waals surface area contributed by atoms with Crippen LogP contribution in [0.4, 0.5) is 0 Å². The number of carbonyl (C=O) groups excluding carboxylic acids is 1. The molecule has 2 N–H and O–H groups in total. The number of methoxy groups -OCH3 is 1. The van der Waals surface area contributed by atoms with Gasteiger partial charge in [-0.3, -0.25) is 4.79 Å². The Bertz CT molecular complexity index is 679. The van der Waals surface area contributed by atoms with Crippen molar-refractivity contribution in [2.24, 2.45) is 5.92 Å². The van der Waals surface area contributed by atoms with E-state index in [0.717, 1.165) is 5.56 Å². The second kappa shape index (κ2) is 6.33. The zero-order chi connectivity index (χ0) is 16.4. The van der Waals surface area contributed by atoms with Crippen LogP contribution in [0.15, 0.2) is 23.0 Å². The highest BCUT2D eigenvalue weighted by Crippen LogP contribution is 2.38. The van der Waals surface area contributed by atoms with Crippen molar-refractivity contribution in [3.8, 4) is 5.88 Å². The molecular weight excluding hydrogens is 300 g/mol. The standard InChI is InChI=1S/C15H18N4O4/c1-8-13(19-23-18-8)15(21)17-14(10-5-11(20)6-10)9-3-4-12(22-2)16-7-9/h3-4,7,10-11,14,20H,5-6H2,1-2H3,(H,17,21)/t10?,11?,14-/m0/s1. The first-order chi connectivity index (χ1) is 11.1. The first-order valence-corrected chi connectivity index (χ1v) is 7.36. The molecule has 0 radical (unpaired) electrons. The zero-order valence-corrected chi connectivity index (χ0v) is 12.9. The maximum atomic E-state index is 12.4. The van der Waals surface area contributed by atoms with Crippen LogP contribution in [-0.2, 0) is 0 Å². The van der Waals surface area contributed by atoms with Gasteiger partial charge in [0.1, 0.15) is 5.69 Å². The minimum atomic E-state index is -0.356. The highest BCUT2D eigenvalue weighted by molar-refractivity contribution is 5.93. The quantitative estimate of drug-likeness (QED) is 0.847. The predicted octanol–water partition coefficient (Wildman–Crippen LogP) is 1.02. The molecule has 0 spiro atoms. The van der Waals surface area contributed by atoms with Gasteiger partial charge >= 0.3 is 0 Å². The van der Waals surface area contributed by atoms with Crippen molar-refractivity contribution in [1.82, 2.24) is 20.6 Å². The maximum absolute atomic E-state index is 12.4. The van der Waals surface area contributed by atoms with Gasteiger partial charge in [0.25, 0.3) is 5.91 Å². The summed E-state index contributed by atoms with van der Waals surface area (Å²) in [4.78, 5) is 16.6. The van der Waals surface area contributed by atoms with Crippen LogP contribution in [0.25, 0.3) is 0 Å². The van der Waals surface area contributed by atoms with Gasteiger partial charge in [0.05, 0.1) is 19.3 Å². The third-order valence-corrected chi connectivity index (χ3v) is 4.10. The van der Waals surface area contributed by atoms with Crippen molar-refractivity contribution in [2.75, 3.05) is 7.11 Å². The Balaban J connectivity index is 1.80. The Hall–Kier alpha value is -2.48. The van der Waals surface area contributed by atoms with Crippen molar-refractivity contribution >= 4 is 5.91 Å². The number of rotatable bonds is 5. The maximum Gasteiger partial charge on any atom is 0.275 e. The lowest BCUT2D eigenvalue weighted by molar-refractivity contribution is 0.0233. The number of carbonyl (C=O) groups is 1. The highest BCUT2D eigenvalue weighted by atomic mass is 16.6. The molecule has 2 aromatic heterocycles. The SMILES string of the molecule is COc1ccc([C@H](NC(=O)c2nonc2C)C2CC(O)C2)cn1. The summed E-state index contributed by atoms with van der Waals surface area (Å²) in [6.45, 7) is 1.66. The van der Waals surface area contributed by atoms with E-state index in [2.05, 4.69) is 25.2 Å². The van der Waals surface area contributed by atoms with E-state index in [4.69, 9.17) is 4.74 Å². The number of ether oxygens (including phenoxy) is 1. The summed E-state index contributed by atoms with van der Waals surface area (Å²) in [6.07, 6.45) is 2.61. The van der Waals surface area contributed by atoms with E-state index in [1.807, 2.05) is 6.07 Å². The summed E-state index contributed by atoms with van der Waals surface area (Å²) in [5.74, 6) is 0.291. The normalized spacial score (nSPS) is 21.3. The molecule has 0 aliphatic heterocycles. The van der Waals surface area contributed by atoms with Crippen LogP contribution in [0.3, 0.4) is 0 Å². The molecule has 1 saturated carbocycles. The molecule has 23 heavy (non-hydrogen) atoms. The Kier molecular flexibility index (Phi) is 4.24. The largest absolute Gasteiger partial charge is 0.481 e. The van der Waals surface area contributed by atoms with E-state index in [0.29, 0.717) is 24.4 Å². The molecule has 1 amide bonds. The second-order valence-corrected chi connectivity index (χ2v) is 5.67. The molecule has 0 saturated heterocycles. The van der Waals surface area contributed by atoms with Crippen molar-refractivity contribution in [3.63, 3.8) is 0 Å². The Labute approximate surface area is 132 Å². The fourth-order valence-electron chi connectivity index (χ4n) is 2.72. The molecule has 1 aliphatic rings. The van der Waals surface area contributed by atoms with Gasteiger partial charge in [-0.05, 0) is 36.4 Å². The molecule has 8 heteroatoms. The minimum Gasteiger partial charge on any atom is -0.481 e. The Morgan fingerprint density at radius 1 is 1.43 bits per heavy atom. The van der Waals surface area contributed by atoms with Gasteiger partial charge in [-0.1, -0.05) is 11.2 Å². The average molecular weight is 318 g/mol. The fourth-order valence-corrected chi connectivity index (χ4v) is 2.72. The third kappa shape index (κ3) is 3.16. The number of pyridine rings is 1. The van der Waals surface area contributed by atoms with Crippen LogP contribution in [0, 0.1) is 12.8 Å². The summed E-state index contributed by atoms with van der Waals surface area (Å²) >= 11 is 0. The van der Waals surface area contributed by atoms with E-state index in [1.54, 1.807) is 26.3 Å². The topological polar surface area (TPSA) is 110 Å². The van der Waals surface area contributed by atoms with Crippen LogP contribution in [0.2, 0.25) is 0 Å². The van der Waals surface area contributed by atoms with Gasteiger partial charge in [0, 0.05) is 12.3 Å². The first-order valence-electron chi connectivity index (χ1n) is 7.36. The summed E-state index contributed by atoms with van der Waals surface area (Å²) in [6, 6.07) is 3.34. The van der Waals surface area contributed by atoms with Crippen LogP contribution in [0.1, 0.15) is 40.6 Å². The van der Waals surface area contributed by atoms with E-state index in [-0.39, 0.29) is 29.7 Å². The lowest BCUT2D eigenvalue weighted by Crippen LogP contribution is -2.41. The minimum absolute atomic E-state index is 0.143. The van der Waals surface area contributed by atoms with Gasteiger partial charge in [-0.2, -0.15) is 0 Å². The van der Waals surface area contributed by atoms with Gasteiger partial charge in [0.15, 0.2) is 5.69 Å². The van der Waals surface area contributed by atoms with Gasteiger partial charge in [-0.15, -0.1) is 0 Å². The van der Waals surface area contributed by atoms with Crippen LogP contribution in [-0.4, -0.2) is 39.5 Å². The monoisotopic (exact) mass is 318 g/mol. The number of nitrogens with zero attached hydrogens (tertiary/aromatic N) is 3. The molecule has 8 nitrogen and oxygen atoms in total. The van der Waals surface area contributed by atoms with E-state index in [1.165, 1.54) is 0 Å². The predicted molar refractivity (Wildman–Crippen MR) is 78.8 cm³/mol. The number of hydrogen-bond acceptors (Lipinski definition) is 7. The molecule has 1 atom stereocenters. The van der Waals surface area contributed by atoms with Crippen LogP contribution < -0.4 is 10.1 Å². The molecule has 0 aromatic carbocycles. The number of aryl methyl sites for hydroxylation is 1. The Morgan fingerprint density at radius 2 is 2.22 bits per heavy atom. The third-order valence-electron chi connectivity index (χ3n) is 4.10. The molecule has 122 valence electrons. The average Bonchev–Trinajstić information content (AvgIpc) is 2.96. The molecule has 2 aromatic rings. The van der Waals surface area contributed by atoms with E-state index >= 15 is 0 Å². The second-order valence-electron chi connectivity index (χ2n) is 5.67. The summed E-state index contributed by atoms with van der Waals surface area (Å²) in [5.41, 5.74) is 1.45.